The van der Waals surface area contributed by atoms with E-state index in [0.29, 0.717) is 5.75 Å². The van der Waals surface area contributed by atoms with E-state index in [-0.39, 0.29) is 5.91 Å². The summed E-state index contributed by atoms with van der Waals surface area (Å²) in [5.74, 6) is 0.360. The summed E-state index contributed by atoms with van der Waals surface area (Å²) < 4.78 is 0. The van der Waals surface area contributed by atoms with Gasteiger partial charge in [-0.3, -0.25) is 9.78 Å². The second-order valence-corrected chi connectivity index (χ2v) is 6.69. The molecule has 1 amide bonds. The smallest absolute Gasteiger partial charge is 0.234 e. The number of carbonyl (C=O) groups excluding carboxylic acids is 1. The van der Waals surface area contributed by atoms with Gasteiger partial charge in [-0.25, -0.2) is 0 Å². The van der Waals surface area contributed by atoms with E-state index < -0.39 is 0 Å². The van der Waals surface area contributed by atoms with E-state index in [4.69, 9.17) is 0 Å². The number of carbonyl (C=O) groups is 1. The standard InChI is InChI=1S/C20H20N2OS/c1-3-15-8-11-17(12-9-15)22-19(23)13-24-18-6-4-5-16-10-7-14(2)21-20(16)18/h4-12H,3,13H2,1-2H3,(H,22,23). The zero-order chi connectivity index (χ0) is 16.9. The molecule has 0 saturated carbocycles. The van der Waals surface area contributed by atoms with Crippen LogP contribution in [0.5, 0.6) is 0 Å². The molecule has 1 heterocycles. The van der Waals surface area contributed by atoms with E-state index in [9.17, 15) is 4.79 Å². The molecule has 3 nitrogen and oxygen atoms in total. The minimum atomic E-state index is -0.00564. The number of amides is 1. The molecule has 24 heavy (non-hydrogen) atoms. The van der Waals surface area contributed by atoms with Crippen LogP contribution in [0.1, 0.15) is 18.2 Å². The summed E-state index contributed by atoms with van der Waals surface area (Å²) in [6, 6.07) is 18.1. The predicted octanol–water partition coefficient (Wildman–Crippen LogP) is 4.84. The van der Waals surface area contributed by atoms with Crippen LogP contribution in [0.25, 0.3) is 10.9 Å². The van der Waals surface area contributed by atoms with Gasteiger partial charge in [-0.15, -0.1) is 11.8 Å². The normalized spacial score (nSPS) is 10.8. The average molecular weight is 336 g/mol. The van der Waals surface area contributed by atoms with Crippen molar-refractivity contribution < 1.29 is 4.79 Å². The fourth-order valence-electron chi connectivity index (χ4n) is 2.50. The molecule has 0 saturated heterocycles. The molecule has 3 aromatic rings. The number of aromatic nitrogens is 1. The van der Waals surface area contributed by atoms with E-state index in [1.165, 1.54) is 17.3 Å². The Morgan fingerprint density at radius 3 is 2.62 bits per heavy atom. The molecule has 0 aliphatic carbocycles. The largest absolute Gasteiger partial charge is 0.325 e. The van der Waals surface area contributed by atoms with Crippen molar-refractivity contribution in [3.8, 4) is 0 Å². The number of nitrogens with one attached hydrogen (secondary N) is 1. The summed E-state index contributed by atoms with van der Waals surface area (Å²) in [4.78, 5) is 17.8. The molecule has 0 spiro atoms. The Kier molecular flexibility index (Phi) is 5.16. The maximum Gasteiger partial charge on any atom is 0.234 e. The van der Waals surface area contributed by atoms with Crippen molar-refractivity contribution in [1.82, 2.24) is 4.98 Å². The van der Waals surface area contributed by atoms with Crippen molar-refractivity contribution in [3.05, 3.63) is 65.9 Å². The molecule has 0 unspecified atom stereocenters. The number of fused-ring (bicyclic) bond motifs is 1. The highest BCUT2D eigenvalue weighted by Gasteiger charge is 2.07. The predicted molar refractivity (Wildman–Crippen MR) is 102 cm³/mol. The van der Waals surface area contributed by atoms with E-state index >= 15 is 0 Å². The lowest BCUT2D eigenvalue weighted by molar-refractivity contribution is -0.113. The molecular weight excluding hydrogens is 316 g/mol. The minimum absolute atomic E-state index is 0.00564. The van der Waals surface area contributed by atoms with Gasteiger partial charge in [-0.05, 0) is 43.2 Å². The molecule has 0 aliphatic heterocycles. The third kappa shape index (κ3) is 3.95. The van der Waals surface area contributed by atoms with Crippen molar-refractivity contribution in [2.24, 2.45) is 0 Å². The summed E-state index contributed by atoms with van der Waals surface area (Å²) in [6.45, 7) is 4.09. The van der Waals surface area contributed by atoms with Gasteiger partial charge in [0.25, 0.3) is 0 Å². The molecule has 0 fully saturated rings. The highest BCUT2D eigenvalue weighted by molar-refractivity contribution is 8.00. The van der Waals surface area contributed by atoms with Gasteiger partial charge in [0.15, 0.2) is 0 Å². The lowest BCUT2D eigenvalue weighted by atomic mass is 10.1. The molecule has 3 rings (SSSR count). The van der Waals surface area contributed by atoms with Crippen LogP contribution in [-0.2, 0) is 11.2 Å². The van der Waals surface area contributed by atoms with Gasteiger partial charge in [0.05, 0.1) is 11.3 Å². The lowest BCUT2D eigenvalue weighted by Gasteiger charge is -2.08. The average Bonchev–Trinajstić information content (AvgIpc) is 2.60. The maximum atomic E-state index is 12.2. The van der Waals surface area contributed by atoms with E-state index in [0.717, 1.165) is 33.6 Å². The van der Waals surface area contributed by atoms with E-state index in [1.807, 2.05) is 55.5 Å². The maximum absolute atomic E-state index is 12.2. The number of hydrogen-bond donors (Lipinski definition) is 1. The SMILES string of the molecule is CCc1ccc(NC(=O)CSc2cccc3ccc(C)nc23)cc1. The highest BCUT2D eigenvalue weighted by atomic mass is 32.2. The Morgan fingerprint density at radius 1 is 1.08 bits per heavy atom. The fourth-order valence-corrected chi connectivity index (χ4v) is 3.33. The van der Waals surface area contributed by atoms with Crippen LogP contribution in [0.15, 0.2) is 59.5 Å². The number of pyridine rings is 1. The summed E-state index contributed by atoms with van der Waals surface area (Å²) in [5, 5.41) is 4.04. The van der Waals surface area contributed by atoms with Gasteiger partial charge in [0.2, 0.25) is 5.91 Å². The van der Waals surface area contributed by atoms with Crippen LogP contribution >= 0.6 is 11.8 Å². The van der Waals surface area contributed by atoms with Crippen molar-refractivity contribution in [2.45, 2.75) is 25.2 Å². The molecule has 0 radical (unpaired) electrons. The molecule has 0 atom stereocenters. The minimum Gasteiger partial charge on any atom is -0.325 e. The molecule has 4 heteroatoms. The molecule has 0 aliphatic rings. The lowest BCUT2D eigenvalue weighted by Crippen LogP contribution is -2.14. The van der Waals surface area contributed by atoms with Crippen LogP contribution in [0.4, 0.5) is 5.69 Å². The second-order valence-electron chi connectivity index (χ2n) is 5.67. The topological polar surface area (TPSA) is 42.0 Å². The summed E-state index contributed by atoms with van der Waals surface area (Å²) in [6.07, 6.45) is 0.998. The molecule has 1 N–H and O–H groups in total. The number of benzene rings is 2. The fraction of sp³-hybridized carbons (Fsp3) is 0.200. The van der Waals surface area contributed by atoms with E-state index in [1.54, 1.807) is 0 Å². The Bertz CT molecular complexity index is 859. The third-order valence-corrected chi connectivity index (χ3v) is 4.87. The zero-order valence-corrected chi connectivity index (χ0v) is 14.7. The summed E-state index contributed by atoms with van der Waals surface area (Å²) >= 11 is 1.52. The van der Waals surface area contributed by atoms with Crippen LogP contribution in [0.3, 0.4) is 0 Å². The molecule has 0 bridgehead atoms. The van der Waals surface area contributed by atoms with Gasteiger partial charge in [0.1, 0.15) is 0 Å². The van der Waals surface area contributed by atoms with Crippen molar-refractivity contribution >= 4 is 34.3 Å². The first-order valence-electron chi connectivity index (χ1n) is 8.03. The second kappa shape index (κ2) is 7.49. The van der Waals surface area contributed by atoms with Crippen molar-refractivity contribution in [2.75, 3.05) is 11.1 Å². The van der Waals surface area contributed by atoms with Crippen molar-refractivity contribution in [3.63, 3.8) is 0 Å². The highest BCUT2D eigenvalue weighted by Crippen LogP contribution is 2.26. The molecule has 2 aromatic carbocycles. The van der Waals surface area contributed by atoms with Crippen LogP contribution in [0.2, 0.25) is 0 Å². The zero-order valence-electron chi connectivity index (χ0n) is 13.9. The number of anilines is 1. The summed E-state index contributed by atoms with van der Waals surface area (Å²) in [5.41, 5.74) is 4.04. The number of nitrogens with zero attached hydrogens (tertiary/aromatic N) is 1. The van der Waals surface area contributed by atoms with Gasteiger partial charge < -0.3 is 5.32 Å². The quantitative estimate of drug-likeness (QED) is 0.678. The number of thioether (sulfide) groups is 1. The van der Waals surface area contributed by atoms with Gasteiger partial charge in [-0.2, -0.15) is 0 Å². The van der Waals surface area contributed by atoms with Crippen LogP contribution < -0.4 is 5.32 Å². The third-order valence-electron chi connectivity index (χ3n) is 3.83. The first kappa shape index (κ1) is 16.5. The summed E-state index contributed by atoms with van der Waals surface area (Å²) in [7, 11) is 0. The number of para-hydroxylation sites is 1. The number of hydrogen-bond acceptors (Lipinski definition) is 3. The van der Waals surface area contributed by atoms with Crippen LogP contribution in [0, 0.1) is 6.92 Å². The Balaban J connectivity index is 1.66. The first-order chi connectivity index (χ1) is 11.7. The number of rotatable bonds is 5. The molecule has 122 valence electrons. The van der Waals surface area contributed by atoms with Crippen molar-refractivity contribution in [1.29, 1.82) is 0 Å². The number of aryl methyl sites for hydroxylation is 2. The molecule has 1 aromatic heterocycles. The monoisotopic (exact) mass is 336 g/mol. The van der Waals surface area contributed by atoms with Gasteiger partial charge >= 0.3 is 0 Å². The Morgan fingerprint density at radius 2 is 1.88 bits per heavy atom. The van der Waals surface area contributed by atoms with Gasteiger partial charge in [-0.1, -0.05) is 37.3 Å². The molecular formula is C20H20N2OS. The van der Waals surface area contributed by atoms with E-state index in [2.05, 4.69) is 23.3 Å². The Labute approximate surface area is 146 Å². The van der Waals surface area contributed by atoms with Gasteiger partial charge in [0, 0.05) is 21.7 Å². The Hall–Kier alpha value is -2.33. The first-order valence-corrected chi connectivity index (χ1v) is 9.02. The van der Waals surface area contributed by atoms with Crippen LogP contribution in [-0.4, -0.2) is 16.6 Å².